The summed E-state index contributed by atoms with van der Waals surface area (Å²) in [7, 11) is -3.70. The van der Waals surface area contributed by atoms with Gasteiger partial charge in [0, 0.05) is 27.6 Å². The molecule has 1 aliphatic rings. The Kier molecular flexibility index (Phi) is 8.59. The zero-order chi connectivity index (χ0) is 20.0. The van der Waals surface area contributed by atoms with Crippen LogP contribution in [0.25, 0.3) is 0 Å². The lowest BCUT2D eigenvalue weighted by Gasteiger charge is -2.30. The molecule has 1 N–H and O–H groups in total. The van der Waals surface area contributed by atoms with E-state index in [0.717, 1.165) is 16.3 Å². The fourth-order valence-electron chi connectivity index (χ4n) is 3.30. The van der Waals surface area contributed by atoms with E-state index >= 15 is 0 Å². The van der Waals surface area contributed by atoms with Crippen molar-refractivity contribution in [1.29, 1.82) is 0 Å². The average Bonchev–Trinajstić information content (AvgIpc) is 3.07. The molecule has 27 heavy (non-hydrogen) atoms. The second-order valence-electron chi connectivity index (χ2n) is 6.68. The fraction of sp³-hybridized carbons (Fsp3) is 0.611. The van der Waals surface area contributed by atoms with Crippen molar-refractivity contribution < 1.29 is 13.2 Å². The van der Waals surface area contributed by atoms with Gasteiger partial charge in [0.1, 0.15) is 6.04 Å². The Labute approximate surface area is 176 Å². The van der Waals surface area contributed by atoms with Crippen LogP contribution in [-0.4, -0.2) is 44.2 Å². The summed E-state index contributed by atoms with van der Waals surface area (Å²) < 4.78 is 25.9. The van der Waals surface area contributed by atoms with E-state index in [1.807, 2.05) is 11.8 Å². The lowest BCUT2D eigenvalue weighted by Crippen LogP contribution is -2.49. The highest BCUT2D eigenvalue weighted by Gasteiger charge is 2.31. The second kappa shape index (κ2) is 10.2. The third kappa shape index (κ3) is 6.73. The number of thioether (sulfide) groups is 1. The van der Waals surface area contributed by atoms with Crippen molar-refractivity contribution in [2.45, 2.75) is 50.3 Å². The van der Waals surface area contributed by atoms with Crippen LogP contribution in [0.3, 0.4) is 0 Å². The average molecular weight is 453 g/mol. The summed E-state index contributed by atoms with van der Waals surface area (Å²) in [4.78, 5) is 12.7. The number of sulfonamides is 1. The first-order chi connectivity index (χ1) is 12.7. The largest absolute Gasteiger partial charge is 0.353 e. The Bertz CT molecular complexity index is 733. The van der Waals surface area contributed by atoms with Gasteiger partial charge in [0.25, 0.3) is 0 Å². The summed E-state index contributed by atoms with van der Waals surface area (Å²) >= 11 is 13.9. The van der Waals surface area contributed by atoms with E-state index in [9.17, 15) is 13.2 Å². The predicted octanol–water partition coefficient (Wildman–Crippen LogP) is 4.33. The van der Waals surface area contributed by atoms with E-state index < -0.39 is 16.1 Å². The molecule has 152 valence electrons. The summed E-state index contributed by atoms with van der Waals surface area (Å²) in [5.41, 5.74) is 0.289. The number of hydrogen-bond acceptors (Lipinski definition) is 4. The number of amides is 1. The molecule has 1 atom stereocenters. The molecule has 5 nitrogen and oxygen atoms in total. The van der Waals surface area contributed by atoms with Gasteiger partial charge in [-0.3, -0.25) is 9.10 Å². The normalized spacial score (nSPS) is 16.3. The van der Waals surface area contributed by atoms with Crippen LogP contribution in [0.15, 0.2) is 18.2 Å². The van der Waals surface area contributed by atoms with Crippen LogP contribution in [0.1, 0.15) is 39.0 Å². The van der Waals surface area contributed by atoms with Crippen molar-refractivity contribution in [1.82, 2.24) is 5.32 Å². The summed E-state index contributed by atoms with van der Waals surface area (Å²) in [6.45, 7) is 2.30. The summed E-state index contributed by atoms with van der Waals surface area (Å²) in [5.74, 6) is 0.514. The van der Waals surface area contributed by atoms with Gasteiger partial charge in [0.2, 0.25) is 15.9 Å². The highest BCUT2D eigenvalue weighted by atomic mass is 35.5. The van der Waals surface area contributed by atoms with Crippen LogP contribution >= 0.6 is 35.0 Å². The quantitative estimate of drug-likeness (QED) is 0.566. The fourth-order valence-corrected chi connectivity index (χ4v) is 6.23. The van der Waals surface area contributed by atoms with Crippen molar-refractivity contribution >= 4 is 56.6 Å². The standard InChI is InChI=1S/C18H26Cl2N2O3S2/c1-3-17(18(23)21-8-9-26-16-6-4-5-7-16)22(27(2,24)25)15-11-13(19)10-14(20)12-15/h10-12,16-17H,3-9H2,1-2H3,(H,21,23)/t17-/m0/s1. The summed E-state index contributed by atoms with van der Waals surface area (Å²) in [5, 5.41) is 4.19. The van der Waals surface area contributed by atoms with Gasteiger partial charge in [-0.2, -0.15) is 11.8 Å². The molecule has 1 saturated carbocycles. The van der Waals surface area contributed by atoms with Gasteiger partial charge in [-0.1, -0.05) is 43.0 Å². The second-order valence-corrected chi connectivity index (χ2v) is 10.8. The van der Waals surface area contributed by atoms with E-state index in [1.165, 1.54) is 43.9 Å². The number of nitrogens with zero attached hydrogens (tertiary/aromatic N) is 1. The molecule has 0 radical (unpaired) electrons. The van der Waals surface area contributed by atoms with Gasteiger partial charge in [0.15, 0.2) is 0 Å². The molecule has 0 aromatic heterocycles. The van der Waals surface area contributed by atoms with Gasteiger partial charge in [-0.25, -0.2) is 8.42 Å². The molecule has 0 spiro atoms. The molecule has 0 heterocycles. The number of halogens is 2. The molecule has 1 aromatic rings. The van der Waals surface area contributed by atoms with E-state index in [-0.39, 0.29) is 11.6 Å². The number of hydrogen-bond donors (Lipinski definition) is 1. The van der Waals surface area contributed by atoms with Gasteiger partial charge in [0.05, 0.1) is 11.9 Å². The van der Waals surface area contributed by atoms with Crippen LogP contribution in [0.2, 0.25) is 10.0 Å². The molecule has 1 aliphatic carbocycles. The third-order valence-corrected chi connectivity index (χ3v) is 7.49. The van der Waals surface area contributed by atoms with E-state index in [1.54, 1.807) is 6.92 Å². The SMILES string of the molecule is CC[C@@H](C(=O)NCCSC1CCCC1)N(c1cc(Cl)cc(Cl)c1)S(C)(=O)=O. The minimum Gasteiger partial charge on any atom is -0.353 e. The third-order valence-electron chi connectivity index (χ3n) is 4.49. The lowest BCUT2D eigenvalue weighted by atomic mass is 10.2. The molecular formula is C18H26Cl2N2O3S2. The van der Waals surface area contributed by atoms with Gasteiger partial charge in [-0.15, -0.1) is 0 Å². The van der Waals surface area contributed by atoms with Crippen LogP contribution in [0.4, 0.5) is 5.69 Å². The van der Waals surface area contributed by atoms with Gasteiger partial charge < -0.3 is 5.32 Å². The predicted molar refractivity (Wildman–Crippen MR) is 116 cm³/mol. The maximum atomic E-state index is 12.7. The monoisotopic (exact) mass is 452 g/mol. The van der Waals surface area contributed by atoms with Crippen molar-refractivity contribution in [2.24, 2.45) is 0 Å². The Morgan fingerprint density at radius 1 is 1.26 bits per heavy atom. The van der Waals surface area contributed by atoms with Crippen LogP contribution < -0.4 is 9.62 Å². The molecule has 0 aliphatic heterocycles. The topological polar surface area (TPSA) is 66.5 Å². The van der Waals surface area contributed by atoms with Gasteiger partial charge >= 0.3 is 0 Å². The van der Waals surface area contributed by atoms with Crippen molar-refractivity contribution in [2.75, 3.05) is 22.9 Å². The molecule has 9 heteroatoms. The zero-order valence-electron chi connectivity index (χ0n) is 15.6. The van der Waals surface area contributed by atoms with Crippen molar-refractivity contribution in [3.8, 4) is 0 Å². The molecule has 0 saturated heterocycles. The number of anilines is 1. The Balaban J connectivity index is 2.08. The first-order valence-corrected chi connectivity index (χ1v) is 12.7. The van der Waals surface area contributed by atoms with Gasteiger partial charge in [-0.05, 0) is 37.5 Å². The first-order valence-electron chi connectivity index (χ1n) is 9.07. The maximum Gasteiger partial charge on any atom is 0.243 e. The molecule has 2 rings (SSSR count). The zero-order valence-corrected chi connectivity index (χ0v) is 18.7. The number of carbonyl (C=O) groups is 1. The minimum atomic E-state index is -3.70. The van der Waals surface area contributed by atoms with Crippen LogP contribution in [-0.2, 0) is 14.8 Å². The van der Waals surface area contributed by atoms with Crippen LogP contribution in [0.5, 0.6) is 0 Å². The molecule has 0 bridgehead atoms. The van der Waals surface area contributed by atoms with E-state index in [4.69, 9.17) is 23.2 Å². The highest BCUT2D eigenvalue weighted by molar-refractivity contribution is 7.99. The molecule has 1 amide bonds. The summed E-state index contributed by atoms with van der Waals surface area (Å²) in [6, 6.07) is 3.67. The molecule has 0 unspecified atom stereocenters. The van der Waals surface area contributed by atoms with Crippen LogP contribution in [0, 0.1) is 0 Å². The highest BCUT2D eigenvalue weighted by Crippen LogP contribution is 2.30. The number of carbonyl (C=O) groups excluding carboxylic acids is 1. The molecular weight excluding hydrogens is 427 g/mol. The van der Waals surface area contributed by atoms with E-state index in [0.29, 0.717) is 28.3 Å². The minimum absolute atomic E-state index is 0.289. The Hall–Kier alpha value is -0.630. The summed E-state index contributed by atoms with van der Waals surface area (Å²) in [6.07, 6.45) is 6.47. The Morgan fingerprint density at radius 3 is 2.37 bits per heavy atom. The smallest absolute Gasteiger partial charge is 0.243 e. The lowest BCUT2D eigenvalue weighted by molar-refractivity contribution is -0.122. The molecule has 1 aromatic carbocycles. The van der Waals surface area contributed by atoms with E-state index in [2.05, 4.69) is 5.32 Å². The molecule has 1 fully saturated rings. The number of rotatable bonds is 9. The first kappa shape index (κ1) is 22.7. The number of benzene rings is 1. The van der Waals surface area contributed by atoms with Crippen molar-refractivity contribution in [3.05, 3.63) is 28.2 Å². The maximum absolute atomic E-state index is 12.7. The Morgan fingerprint density at radius 2 is 1.85 bits per heavy atom. The van der Waals surface area contributed by atoms with Crippen molar-refractivity contribution in [3.63, 3.8) is 0 Å². The number of nitrogens with one attached hydrogen (secondary N) is 1.